The van der Waals surface area contributed by atoms with Gasteiger partial charge in [-0.2, -0.15) is 0 Å². The minimum absolute atomic E-state index is 0.274. The summed E-state index contributed by atoms with van der Waals surface area (Å²) in [5.41, 5.74) is 3.82. The first-order chi connectivity index (χ1) is 15.2. The van der Waals surface area contributed by atoms with E-state index in [2.05, 4.69) is 20.3 Å². The number of pyridine rings is 2. The Labute approximate surface area is 187 Å². The van der Waals surface area contributed by atoms with E-state index in [0.717, 1.165) is 33.3 Å². The highest BCUT2D eigenvalue weighted by atomic mass is 35.5. The molecule has 1 amide bonds. The van der Waals surface area contributed by atoms with Gasteiger partial charge >= 0.3 is 0 Å². The van der Waals surface area contributed by atoms with Gasteiger partial charge in [0.25, 0.3) is 5.91 Å². The first-order valence-electron chi connectivity index (χ1n) is 9.50. The largest absolute Gasteiger partial charge is 0.320 e. The Morgan fingerprint density at radius 3 is 2.68 bits per heavy atom. The van der Waals surface area contributed by atoms with Gasteiger partial charge in [-0.05, 0) is 41.8 Å². The molecule has 150 valence electrons. The standard InChI is InChI=1S/C24H15ClN4OS/c25-20-6-5-17(13-19(20)22-18-4-2-1-3-15(18)9-12-27-22)28-23(30)24-29-21(14-31-24)16-7-10-26-11-8-16/h1-14H,(H,28,30). The molecule has 5 nitrogen and oxygen atoms in total. The lowest BCUT2D eigenvalue weighted by atomic mass is 10.0. The van der Waals surface area contributed by atoms with E-state index in [1.54, 1.807) is 30.7 Å². The molecule has 1 N–H and O–H groups in total. The SMILES string of the molecule is O=C(Nc1ccc(Cl)c(-c2nccc3ccccc23)c1)c1nc(-c2ccncc2)cs1. The van der Waals surface area contributed by atoms with Crippen molar-refractivity contribution in [3.05, 3.63) is 94.7 Å². The predicted octanol–water partition coefficient (Wildman–Crippen LogP) is 6.33. The summed E-state index contributed by atoms with van der Waals surface area (Å²) in [7, 11) is 0. The average molecular weight is 443 g/mol. The molecule has 0 unspecified atom stereocenters. The van der Waals surface area contributed by atoms with Gasteiger partial charge in [-0.25, -0.2) is 4.98 Å². The summed E-state index contributed by atoms with van der Waals surface area (Å²) >= 11 is 7.78. The molecule has 0 saturated heterocycles. The van der Waals surface area contributed by atoms with E-state index in [1.165, 1.54) is 11.3 Å². The Morgan fingerprint density at radius 2 is 1.81 bits per heavy atom. The number of fused-ring (bicyclic) bond motifs is 1. The zero-order valence-electron chi connectivity index (χ0n) is 16.1. The zero-order chi connectivity index (χ0) is 21.2. The van der Waals surface area contributed by atoms with Crippen molar-refractivity contribution in [2.24, 2.45) is 0 Å². The molecular weight excluding hydrogens is 428 g/mol. The minimum atomic E-state index is -0.274. The van der Waals surface area contributed by atoms with E-state index in [0.29, 0.717) is 15.7 Å². The molecule has 5 rings (SSSR count). The van der Waals surface area contributed by atoms with Gasteiger partial charge in [-0.15, -0.1) is 11.3 Å². The molecule has 3 heterocycles. The number of hydrogen-bond donors (Lipinski definition) is 1. The van der Waals surface area contributed by atoms with E-state index >= 15 is 0 Å². The molecule has 0 aliphatic carbocycles. The number of rotatable bonds is 4. The number of thiazole rings is 1. The third-order valence-electron chi connectivity index (χ3n) is 4.83. The molecule has 0 fully saturated rings. The van der Waals surface area contributed by atoms with Gasteiger partial charge in [0, 0.05) is 46.2 Å². The Bertz CT molecular complexity index is 1400. The van der Waals surface area contributed by atoms with Crippen LogP contribution in [-0.4, -0.2) is 20.9 Å². The summed E-state index contributed by atoms with van der Waals surface area (Å²) in [6.07, 6.45) is 5.16. The van der Waals surface area contributed by atoms with Crippen LogP contribution in [0.25, 0.3) is 33.3 Å². The van der Waals surface area contributed by atoms with E-state index in [-0.39, 0.29) is 5.91 Å². The van der Waals surface area contributed by atoms with Crippen molar-refractivity contribution in [2.45, 2.75) is 0 Å². The molecule has 0 aliphatic heterocycles. The Kier molecular flexibility index (Phi) is 5.16. The zero-order valence-corrected chi connectivity index (χ0v) is 17.7. The highest BCUT2D eigenvalue weighted by Crippen LogP contribution is 2.34. The van der Waals surface area contributed by atoms with Crippen molar-refractivity contribution in [3.8, 4) is 22.5 Å². The fraction of sp³-hybridized carbons (Fsp3) is 0. The van der Waals surface area contributed by atoms with Crippen LogP contribution in [0.3, 0.4) is 0 Å². The van der Waals surface area contributed by atoms with Crippen molar-refractivity contribution >= 4 is 45.3 Å². The van der Waals surface area contributed by atoms with Crippen LogP contribution < -0.4 is 5.32 Å². The van der Waals surface area contributed by atoms with Crippen molar-refractivity contribution in [3.63, 3.8) is 0 Å². The summed E-state index contributed by atoms with van der Waals surface area (Å²) in [4.78, 5) is 25.8. The molecule has 0 radical (unpaired) electrons. The molecule has 31 heavy (non-hydrogen) atoms. The predicted molar refractivity (Wildman–Crippen MR) is 125 cm³/mol. The van der Waals surface area contributed by atoms with Crippen LogP contribution in [0.1, 0.15) is 9.80 Å². The average Bonchev–Trinajstić information content (AvgIpc) is 3.31. The number of anilines is 1. The van der Waals surface area contributed by atoms with Gasteiger partial charge in [0.2, 0.25) is 0 Å². The maximum Gasteiger partial charge on any atom is 0.284 e. The second-order valence-corrected chi connectivity index (χ2v) is 8.07. The fourth-order valence-electron chi connectivity index (χ4n) is 3.34. The van der Waals surface area contributed by atoms with E-state index in [4.69, 9.17) is 11.6 Å². The number of carbonyl (C=O) groups is 1. The monoisotopic (exact) mass is 442 g/mol. The first-order valence-corrected chi connectivity index (χ1v) is 10.8. The summed E-state index contributed by atoms with van der Waals surface area (Å²) in [6, 6.07) is 19.0. The number of hydrogen-bond acceptors (Lipinski definition) is 5. The molecule has 5 aromatic rings. The third-order valence-corrected chi connectivity index (χ3v) is 6.00. The van der Waals surface area contributed by atoms with Gasteiger partial charge in [0.15, 0.2) is 5.01 Å². The molecule has 7 heteroatoms. The number of amides is 1. The van der Waals surface area contributed by atoms with Crippen LogP contribution in [-0.2, 0) is 0 Å². The summed E-state index contributed by atoms with van der Waals surface area (Å²) in [6.45, 7) is 0. The molecule has 0 atom stereocenters. The topological polar surface area (TPSA) is 67.8 Å². The highest BCUT2D eigenvalue weighted by molar-refractivity contribution is 7.12. The van der Waals surface area contributed by atoms with Crippen LogP contribution in [0.15, 0.2) is 84.6 Å². The van der Waals surface area contributed by atoms with Gasteiger partial charge in [0.05, 0.1) is 16.4 Å². The van der Waals surface area contributed by atoms with E-state index < -0.39 is 0 Å². The number of nitrogens with one attached hydrogen (secondary N) is 1. The number of nitrogens with zero attached hydrogens (tertiary/aromatic N) is 3. The number of carbonyl (C=O) groups excluding carboxylic acids is 1. The number of benzene rings is 2. The van der Waals surface area contributed by atoms with Crippen LogP contribution >= 0.6 is 22.9 Å². The fourth-order valence-corrected chi connectivity index (χ4v) is 4.26. The van der Waals surface area contributed by atoms with Crippen LogP contribution in [0.5, 0.6) is 0 Å². The van der Waals surface area contributed by atoms with E-state index in [1.807, 2.05) is 53.9 Å². The second kappa shape index (κ2) is 8.26. The molecule has 2 aromatic carbocycles. The molecule has 0 bridgehead atoms. The Hall–Kier alpha value is -3.61. The normalized spacial score (nSPS) is 10.9. The minimum Gasteiger partial charge on any atom is -0.320 e. The van der Waals surface area contributed by atoms with Crippen LogP contribution in [0.4, 0.5) is 5.69 Å². The first kappa shape index (κ1) is 19.4. The lowest BCUT2D eigenvalue weighted by Gasteiger charge is -2.10. The maximum absolute atomic E-state index is 12.8. The smallest absolute Gasteiger partial charge is 0.284 e. The molecule has 0 spiro atoms. The van der Waals surface area contributed by atoms with Gasteiger partial charge in [-0.1, -0.05) is 35.9 Å². The number of aromatic nitrogens is 3. The molecular formula is C24H15ClN4OS. The van der Waals surface area contributed by atoms with Crippen LogP contribution in [0, 0.1) is 0 Å². The molecule has 0 aliphatic rings. The maximum atomic E-state index is 12.8. The molecule has 3 aromatic heterocycles. The van der Waals surface area contributed by atoms with Crippen LogP contribution in [0.2, 0.25) is 5.02 Å². The quantitative estimate of drug-likeness (QED) is 0.353. The molecule has 0 saturated carbocycles. The van der Waals surface area contributed by atoms with Crippen molar-refractivity contribution < 1.29 is 4.79 Å². The Morgan fingerprint density at radius 1 is 0.968 bits per heavy atom. The highest BCUT2D eigenvalue weighted by Gasteiger charge is 2.15. The Balaban J connectivity index is 1.45. The van der Waals surface area contributed by atoms with Gasteiger partial charge in [-0.3, -0.25) is 14.8 Å². The second-order valence-electron chi connectivity index (χ2n) is 6.80. The summed E-state index contributed by atoms with van der Waals surface area (Å²) < 4.78 is 0. The lowest BCUT2D eigenvalue weighted by molar-refractivity contribution is 0.102. The summed E-state index contributed by atoms with van der Waals surface area (Å²) in [5, 5.41) is 7.80. The van der Waals surface area contributed by atoms with Gasteiger partial charge < -0.3 is 5.32 Å². The lowest BCUT2D eigenvalue weighted by Crippen LogP contribution is -2.11. The third kappa shape index (κ3) is 3.91. The van der Waals surface area contributed by atoms with Crippen molar-refractivity contribution in [1.29, 1.82) is 0 Å². The van der Waals surface area contributed by atoms with E-state index in [9.17, 15) is 4.79 Å². The van der Waals surface area contributed by atoms with Gasteiger partial charge in [0.1, 0.15) is 0 Å². The van der Waals surface area contributed by atoms with Crippen molar-refractivity contribution in [1.82, 2.24) is 15.0 Å². The number of halogens is 1. The summed E-state index contributed by atoms with van der Waals surface area (Å²) in [5.74, 6) is -0.274. The van der Waals surface area contributed by atoms with Crippen molar-refractivity contribution in [2.75, 3.05) is 5.32 Å².